The Hall–Kier alpha value is -2.67. The van der Waals surface area contributed by atoms with Gasteiger partial charge in [-0.05, 0) is 50.7 Å². The molecule has 0 saturated carbocycles. The smallest absolute Gasteiger partial charge is 0.220 e. The van der Waals surface area contributed by atoms with Crippen LogP contribution in [-0.2, 0) is 16.0 Å². The number of methoxy groups -OCH3 is 1. The van der Waals surface area contributed by atoms with Crippen molar-refractivity contribution in [1.82, 2.24) is 10.6 Å². The first-order valence-corrected chi connectivity index (χ1v) is 10.5. The number of nitrogens with one attached hydrogen (secondary N) is 2. The average molecular weight is 433 g/mol. The van der Waals surface area contributed by atoms with E-state index in [2.05, 4.69) is 23.8 Å². The molecule has 170 valence electrons. The maximum absolute atomic E-state index is 14.5. The zero-order chi connectivity index (χ0) is 23.1. The third-order valence-electron chi connectivity index (χ3n) is 6.03. The van der Waals surface area contributed by atoms with Crippen LogP contribution in [-0.4, -0.2) is 41.2 Å². The van der Waals surface area contributed by atoms with Crippen LogP contribution in [0.1, 0.15) is 51.0 Å². The molecule has 31 heavy (non-hydrogen) atoms. The minimum absolute atomic E-state index is 0.103. The van der Waals surface area contributed by atoms with E-state index in [1.54, 1.807) is 31.2 Å². The number of aliphatic hydroxyl groups is 1. The highest BCUT2D eigenvalue weighted by atomic mass is 19.1. The van der Waals surface area contributed by atoms with Gasteiger partial charge in [-0.3, -0.25) is 9.59 Å². The minimum Gasteiger partial charge on any atom is -0.497 e. The van der Waals surface area contributed by atoms with Gasteiger partial charge in [0.2, 0.25) is 11.8 Å². The summed E-state index contributed by atoms with van der Waals surface area (Å²) in [6.45, 7) is 9.07. The van der Waals surface area contributed by atoms with Crippen LogP contribution < -0.4 is 15.4 Å². The van der Waals surface area contributed by atoms with Gasteiger partial charge in [0, 0.05) is 24.4 Å². The number of carbonyl (C=O) groups excluding carboxylic acids is 2. The molecule has 2 atom stereocenters. The summed E-state index contributed by atoms with van der Waals surface area (Å²) in [5, 5.41) is 16.6. The summed E-state index contributed by atoms with van der Waals surface area (Å²) < 4.78 is 19.5. The van der Waals surface area contributed by atoms with Crippen molar-refractivity contribution in [2.75, 3.05) is 7.11 Å². The third-order valence-corrected chi connectivity index (χ3v) is 6.03. The second-order valence-corrected chi connectivity index (χ2v) is 8.34. The zero-order valence-corrected chi connectivity index (χ0v) is 18.4. The standard InChI is InChI=1S/C24H33FN2O4/c1-5-11-24(30,12-6-2)17(3)26-21(28)9-13-23(14-10-22(29)27-23)16-18-7-8-19(31-4)15-20(18)25/h5-8,15,17,30H,1-2,9-14,16H2,3-4H3,(H,26,28)(H,27,29)/t17-,23+/m0/s1. The first-order valence-electron chi connectivity index (χ1n) is 10.5. The number of ether oxygens (including phenoxy) is 1. The molecule has 0 aromatic heterocycles. The van der Waals surface area contributed by atoms with Crippen LogP contribution in [0.15, 0.2) is 43.5 Å². The summed E-state index contributed by atoms with van der Waals surface area (Å²) in [5.41, 5.74) is -1.39. The predicted molar refractivity (Wildman–Crippen MR) is 118 cm³/mol. The monoisotopic (exact) mass is 432 g/mol. The molecule has 1 heterocycles. The number of benzene rings is 1. The normalized spacial score (nSPS) is 19.4. The average Bonchev–Trinajstić information content (AvgIpc) is 3.09. The van der Waals surface area contributed by atoms with E-state index < -0.39 is 23.0 Å². The lowest BCUT2D eigenvalue weighted by atomic mass is 9.84. The Morgan fingerprint density at radius 3 is 2.61 bits per heavy atom. The summed E-state index contributed by atoms with van der Waals surface area (Å²) in [7, 11) is 1.47. The Morgan fingerprint density at radius 2 is 2.10 bits per heavy atom. The van der Waals surface area contributed by atoms with Gasteiger partial charge in [-0.15, -0.1) is 13.2 Å². The van der Waals surface area contributed by atoms with E-state index in [0.717, 1.165) is 0 Å². The summed E-state index contributed by atoms with van der Waals surface area (Å²) in [4.78, 5) is 24.6. The SMILES string of the molecule is C=CCC(O)(CC=C)[C@H](C)NC(=O)CC[C@]1(Cc2ccc(OC)cc2F)CCC(=O)N1. The summed E-state index contributed by atoms with van der Waals surface area (Å²) >= 11 is 0. The molecule has 7 heteroatoms. The fraction of sp³-hybridized carbons (Fsp3) is 0.500. The van der Waals surface area contributed by atoms with Crippen LogP contribution in [0.5, 0.6) is 5.75 Å². The zero-order valence-electron chi connectivity index (χ0n) is 18.4. The minimum atomic E-state index is -1.16. The van der Waals surface area contributed by atoms with Crippen molar-refractivity contribution in [3.63, 3.8) is 0 Å². The largest absolute Gasteiger partial charge is 0.497 e. The Kier molecular flexibility index (Phi) is 8.39. The molecule has 1 aromatic rings. The van der Waals surface area contributed by atoms with E-state index in [1.807, 2.05) is 0 Å². The Balaban J connectivity index is 2.06. The van der Waals surface area contributed by atoms with Crippen LogP contribution in [0, 0.1) is 5.82 Å². The van der Waals surface area contributed by atoms with Crippen LogP contribution in [0.25, 0.3) is 0 Å². The van der Waals surface area contributed by atoms with Gasteiger partial charge in [0.15, 0.2) is 0 Å². The number of carbonyl (C=O) groups is 2. The first kappa shape index (κ1) is 24.6. The van der Waals surface area contributed by atoms with Gasteiger partial charge >= 0.3 is 0 Å². The molecule has 1 aliphatic rings. The van der Waals surface area contributed by atoms with Gasteiger partial charge in [-0.1, -0.05) is 18.2 Å². The Bertz CT molecular complexity index is 816. The molecule has 1 aliphatic heterocycles. The number of amides is 2. The highest BCUT2D eigenvalue weighted by Crippen LogP contribution is 2.31. The summed E-state index contributed by atoms with van der Waals surface area (Å²) in [6, 6.07) is 4.13. The third kappa shape index (κ3) is 6.40. The molecule has 0 spiro atoms. The van der Waals surface area contributed by atoms with Crippen molar-refractivity contribution in [2.45, 2.75) is 69.1 Å². The van der Waals surface area contributed by atoms with Crippen LogP contribution in [0.4, 0.5) is 4.39 Å². The Labute approximate surface area is 183 Å². The molecule has 1 fully saturated rings. The van der Waals surface area contributed by atoms with Gasteiger partial charge in [0.1, 0.15) is 11.6 Å². The van der Waals surface area contributed by atoms with E-state index in [0.29, 0.717) is 43.4 Å². The number of hydrogen-bond acceptors (Lipinski definition) is 4. The van der Waals surface area contributed by atoms with Crippen LogP contribution in [0.2, 0.25) is 0 Å². The molecule has 1 aromatic carbocycles. The fourth-order valence-electron chi connectivity index (χ4n) is 4.08. The molecule has 0 unspecified atom stereocenters. The van der Waals surface area contributed by atoms with E-state index in [4.69, 9.17) is 4.74 Å². The lowest BCUT2D eigenvalue weighted by molar-refractivity contribution is -0.125. The maximum atomic E-state index is 14.5. The second kappa shape index (κ2) is 10.6. The molecule has 0 bridgehead atoms. The van der Waals surface area contributed by atoms with Gasteiger partial charge in [0.05, 0.1) is 18.8 Å². The van der Waals surface area contributed by atoms with Gasteiger partial charge in [0.25, 0.3) is 0 Å². The van der Waals surface area contributed by atoms with E-state index in [-0.39, 0.29) is 24.7 Å². The fourth-order valence-corrected chi connectivity index (χ4v) is 4.08. The van der Waals surface area contributed by atoms with Crippen molar-refractivity contribution < 1.29 is 23.8 Å². The molecular formula is C24H33FN2O4. The molecule has 0 radical (unpaired) electrons. The van der Waals surface area contributed by atoms with Crippen molar-refractivity contribution in [3.8, 4) is 5.75 Å². The molecular weight excluding hydrogens is 399 g/mol. The predicted octanol–water partition coefficient (Wildman–Crippen LogP) is 3.19. The molecule has 3 N–H and O–H groups in total. The molecule has 1 saturated heterocycles. The highest BCUT2D eigenvalue weighted by Gasteiger charge is 2.39. The van der Waals surface area contributed by atoms with Gasteiger partial charge < -0.3 is 20.5 Å². The topological polar surface area (TPSA) is 87.7 Å². The molecule has 6 nitrogen and oxygen atoms in total. The van der Waals surface area contributed by atoms with E-state index >= 15 is 0 Å². The summed E-state index contributed by atoms with van der Waals surface area (Å²) in [5.74, 6) is -0.327. The lowest BCUT2D eigenvalue weighted by Gasteiger charge is -2.34. The number of rotatable bonds is 12. The number of halogens is 1. The van der Waals surface area contributed by atoms with Crippen molar-refractivity contribution >= 4 is 11.8 Å². The highest BCUT2D eigenvalue weighted by molar-refractivity contribution is 5.80. The van der Waals surface area contributed by atoms with Crippen LogP contribution in [0.3, 0.4) is 0 Å². The molecule has 0 aliphatic carbocycles. The van der Waals surface area contributed by atoms with Gasteiger partial charge in [-0.2, -0.15) is 0 Å². The number of hydrogen-bond donors (Lipinski definition) is 3. The maximum Gasteiger partial charge on any atom is 0.220 e. The first-order chi connectivity index (χ1) is 14.7. The summed E-state index contributed by atoms with van der Waals surface area (Å²) in [6.07, 6.45) is 5.51. The molecule has 2 amide bonds. The Morgan fingerprint density at radius 1 is 1.42 bits per heavy atom. The molecule has 2 rings (SSSR count). The van der Waals surface area contributed by atoms with Crippen molar-refractivity contribution in [1.29, 1.82) is 0 Å². The second-order valence-electron chi connectivity index (χ2n) is 8.34. The van der Waals surface area contributed by atoms with E-state index in [9.17, 15) is 19.1 Å². The quantitative estimate of drug-likeness (QED) is 0.443. The van der Waals surface area contributed by atoms with Gasteiger partial charge in [-0.25, -0.2) is 4.39 Å². The van der Waals surface area contributed by atoms with Crippen LogP contribution >= 0.6 is 0 Å². The lowest BCUT2D eigenvalue weighted by Crippen LogP contribution is -2.51. The van der Waals surface area contributed by atoms with E-state index in [1.165, 1.54) is 13.2 Å². The van der Waals surface area contributed by atoms with Crippen molar-refractivity contribution in [2.24, 2.45) is 0 Å². The van der Waals surface area contributed by atoms with Crippen molar-refractivity contribution in [3.05, 3.63) is 54.9 Å².